The highest BCUT2D eigenvalue weighted by molar-refractivity contribution is 9.10. The van der Waals surface area contributed by atoms with Crippen LogP contribution in [-0.2, 0) is 13.6 Å². The second kappa shape index (κ2) is 6.69. The van der Waals surface area contributed by atoms with E-state index in [1.165, 1.54) is 0 Å². The minimum Gasteiger partial charge on any atom is -0.308 e. The predicted octanol–water partition coefficient (Wildman–Crippen LogP) is 0.802. The molecule has 0 aliphatic rings. The maximum Gasteiger partial charge on any atom is 0.106 e. The van der Waals surface area contributed by atoms with Crippen molar-refractivity contribution in [2.75, 3.05) is 20.6 Å². The van der Waals surface area contributed by atoms with E-state index in [4.69, 9.17) is 5.84 Å². The number of hydrogen-bond acceptors (Lipinski definition) is 5. The molecule has 0 saturated carbocycles. The van der Waals surface area contributed by atoms with E-state index in [-0.39, 0.29) is 6.04 Å². The molecule has 0 aromatic carbocycles. The zero-order valence-electron chi connectivity index (χ0n) is 12.8. The number of rotatable bonds is 6. The largest absolute Gasteiger partial charge is 0.308 e. The molecule has 0 aliphatic carbocycles. The zero-order chi connectivity index (χ0) is 15.6. The van der Waals surface area contributed by atoms with Gasteiger partial charge in [0.2, 0.25) is 0 Å². The lowest BCUT2D eigenvalue weighted by atomic mass is 10.1. The van der Waals surface area contributed by atoms with Gasteiger partial charge in [0.25, 0.3) is 0 Å². The molecule has 0 bridgehead atoms. The van der Waals surface area contributed by atoms with Gasteiger partial charge < -0.3 is 4.90 Å². The topological polar surface area (TPSA) is 76.9 Å². The van der Waals surface area contributed by atoms with Crippen molar-refractivity contribution in [3.05, 3.63) is 33.8 Å². The van der Waals surface area contributed by atoms with Crippen LogP contribution < -0.4 is 11.3 Å². The average Bonchev–Trinajstić information content (AvgIpc) is 2.93. The van der Waals surface area contributed by atoms with Crippen LogP contribution in [0.15, 0.2) is 16.7 Å². The van der Waals surface area contributed by atoms with Crippen LogP contribution in [0, 0.1) is 6.92 Å². The van der Waals surface area contributed by atoms with Crippen LogP contribution in [0.4, 0.5) is 0 Å². The Morgan fingerprint density at radius 1 is 1.48 bits per heavy atom. The molecule has 21 heavy (non-hydrogen) atoms. The maximum absolute atomic E-state index is 5.80. The van der Waals surface area contributed by atoms with Crippen molar-refractivity contribution in [2.24, 2.45) is 12.9 Å². The number of hydrogen-bond donors (Lipinski definition) is 2. The molecule has 8 heteroatoms. The second-order valence-corrected chi connectivity index (χ2v) is 6.19. The molecule has 1 unspecified atom stereocenters. The van der Waals surface area contributed by atoms with Gasteiger partial charge >= 0.3 is 0 Å². The SMILES string of the molecule is Cc1cc(C(NN)c2c(Br)cnn2CCN(C)C)n(C)n1. The summed E-state index contributed by atoms with van der Waals surface area (Å²) in [6.45, 7) is 3.67. The molecule has 0 amide bonds. The Bertz CT molecular complexity index is 602. The first-order chi connectivity index (χ1) is 9.93. The van der Waals surface area contributed by atoms with Gasteiger partial charge in [-0.25, -0.2) is 5.43 Å². The number of nitrogens with zero attached hydrogens (tertiary/aromatic N) is 5. The number of nitrogens with one attached hydrogen (secondary N) is 1. The molecule has 0 spiro atoms. The third-order valence-electron chi connectivity index (χ3n) is 3.37. The van der Waals surface area contributed by atoms with E-state index in [1.54, 1.807) is 6.20 Å². The molecule has 0 saturated heterocycles. The van der Waals surface area contributed by atoms with Crippen LogP contribution in [0.3, 0.4) is 0 Å². The number of aromatic nitrogens is 4. The fourth-order valence-electron chi connectivity index (χ4n) is 2.34. The van der Waals surface area contributed by atoms with Crippen LogP contribution >= 0.6 is 15.9 Å². The Hall–Kier alpha value is -1.22. The Kier molecular flexibility index (Phi) is 5.15. The first kappa shape index (κ1) is 16.2. The van der Waals surface area contributed by atoms with Crippen molar-refractivity contribution >= 4 is 15.9 Å². The van der Waals surface area contributed by atoms with Crippen molar-refractivity contribution in [3.8, 4) is 0 Å². The highest BCUT2D eigenvalue weighted by atomic mass is 79.9. The Balaban J connectivity index is 2.38. The zero-order valence-corrected chi connectivity index (χ0v) is 14.4. The third kappa shape index (κ3) is 3.52. The number of likely N-dealkylation sites (N-methyl/N-ethyl adjacent to an activating group) is 1. The summed E-state index contributed by atoms with van der Waals surface area (Å²) < 4.78 is 4.75. The Morgan fingerprint density at radius 2 is 2.19 bits per heavy atom. The molecule has 0 radical (unpaired) electrons. The summed E-state index contributed by atoms with van der Waals surface area (Å²) in [5.74, 6) is 5.80. The van der Waals surface area contributed by atoms with Gasteiger partial charge in [-0.1, -0.05) is 0 Å². The fraction of sp³-hybridized carbons (Fsp3) is 0.538. The standard InChI is InChI=1S/C13H22BrN7/c1-9-7-11(20(4)18-9)12(17-15)13-10(14)8-16-21(13)6-5-19(2)3/h7-8,12,17H,5-6,15H2,1-4H3. The van der Waals surface area contributed by atoms with Gasteiger partial charge in [0, 0.05) is 13.6 Å². The molecule has 2 aromatic heterocycles. The van der Waals surface area contributed by atoms with Gasteiger partial charge in [0.15, 0.2) is 0 Å². The summed E-state index contributed by atoms with van der Waals surface area (Å²) in [6.07, 6.45) is 1.80. The van der Waals surface area contributed by atoms with Gasteiger partial charge in [-0.05, 0) is 43.0 Å². The summed E-state index contributed by atoms with van der Waals surface area (Å²) in [4.78, 5) is 2.12. The third-order valence-corrected chi connectivity index (χ3v) is 3.98. The van der Waals surface area contributed by atoms with Crippen molar-refractivity contribution in [1.29, 1.82) is 0 Å². The maximum atomic E-state index is 5.80. The number of hydrazine groups is 1. The first-order valence-corrected chi connectivity index (χ1v) is 7.56. The van der Waals surface area contributed by atoms with E-state index in [0.717, 1.165) is 34.6 Å². The van der Waals surface area contributed by atoms with Crippen molar-refractivity contribution in [2.45, 2.75) is 19.5 Å². The van der Waals surface area contributed by atoms with Crippen molar-refractivity contribution in [3.63, 3.8) is 0 Å². The number of aryl methyl sites for hydroxylation is 2. The highest BCUT2D eigenvalue weighted by Crippen LogP contribution is 2.28. The average molecular weight is 356 g/mol. The Labute approximate surface area is 133 Å². The van der Waals surface area contributed by atoms with Crippen LogP contribution in [0.25, 0.3) is 0 Å². The summed E-state index contributed by atoms with van der Waals surface area (Å²) in [7, 11) is 6.00. The quantitative estimate of drug-likeness (QED) is 0.592. The molecule has 3 N–H and O–H groups in total. The van der Waals surface area contributed by atoms with E-state index in [0.29, 0.717) is 0 Å². The Morgan fingerprint density at radius 3 is 2.71 bits per heavy atom. The normalized spacial score (nSPS) is 13.1. The lowest BCUT2D eigenvalue weighted by Gasteiger charge is -2.19. The number of nitrogens with two attached hydrogens (primary N) is 1. The molecular weight excluding hydrogens is 334 g/mol. The predicted molar refractivity (Wildman–Crippen MR) is 85.6 cm³/mol. The first-order valence-electron chi connectivity index (χ1n) is 6.76. The van der Waals surface area contributed by atoms with Crippen LogP contribution in [0.1, 0.15) is 23.1 Å². The van der Waals surface area contributed by atoms with E-state index < -0.39 is 0 Å². The molecule has 1 atom stereocenters. The fourth-order valence-corrected chi connectivity index (χ4v) is 2.86. The summed E-state index contributed by atoms with van der Waals surface area (Å²) >= 11 is 3.57. The number of halogens is 1. The van der Waals surface area contributed by atoms with Gasteiger partial charge in [0.1, 0.15) is 6.04 Å². The van der Waals surface area contributed by atoms with Gasteiger partial charge in [-0.2, -0.15) is 10.2 Å². The molecule has 116 valence electrons. The molecule has 2 heterocycles. The molecule has 2 aromatic rings. The molecule has 2 rings (SSSR count). The monoisotopic (exact) mass is 355 g/mol. The van der Waals surface area contributed by atoms with E-state index in [2.05, 4.69) is 36.5 Å². The minimum atomic E-state index is -0.171. The van der Waals surface area contributed by atoms with Gasteiger partial charge in [-0.15, -0.1) is 0 Å². The van der Waals surface area contributed by atoms with Crippen LogP contribution in [-0.4, -0.2) is 45.1 Å². The highest BCUT2D eigenvalue weighted by Gasteiger charge is 2.24. The molecular formula is C13H22BrN7. The van der Waals surface area contributed by atoms with E-state index >= 15 is 0 Å². The van der Waals surface area contributed by atoms with Gasteiger partial charge in [-0.3, -0.25) is 15.2 Å². The van der Waals surface area contributed by atoms with Crippen LogP contribution in [0.2, 0.25) is 0 Å². The van der Waals surface area contributed by atoms with Crippen LogP contribution in [0.5, 0.6) is 0 Å². The molecule has 0 fully saturated rings. The summed E-state index contributed by atoms with van der Waals surface area (Å²) in [5, 5.41) is 8.83. The smallest absolute Gasteiger partial charge is 0.106 e. The summed E-state index contributed by atoms with van der Waals surface area (Å²) in [5.41, 5.74) is 5.84. The van der Waals surface area contributed by atoms with Crippen molar-refractivity contribution in [1.82, 2.24) is 29.9 Å². The summed E-state index contributed by atoms with van der Waals surface area (Å²) in [6, 6.07) is 1.86. The van der Waals surface area contributed by atoms with Gasteiger partial charge in [0.05, 0.1) is 34.3 Å². The molecule has 0 aliphatic heterocycles. The van der Waals surface area contributed by atoms with E-state index in [9.17, 15) is 0 Å². The minimum absolute atomic E-state index is 0.171. The lowest BCUT2D eigenvalue weighted by molar-refractivity contribution is 0.364. The molecule has 7 nitrogen and oxygen atoms in total. The van der Waals surface area contributed by atoms with E-state index in [1.807, 2.05) is 43.5 Å². The van der Waals surface area contributed by atoms with Crippen molar-refractivity contribution < 1.29 is 0 Å². The second-order valence-electron chi connectivity index (χ2n) is 5.34. The lowest BCUT2D eigenvalue weighted by Crippen LogP contribution is -2.33.